The van der Waals surface area contributed by atoms with Crippen molar-refractivity contribution < 1.29 is 9.66 Å². The molecule has 0 atom stereocenters. The largest absolute Gasteiger partial charge is 0.497 e. The Balaban J connectivity index is 2.11. The van der Waals surface area contributed by atoms with Crippen molar-refractivity contribution in [2.75, 3.05) is 24.8 Å². The summed E-state index contributed by atoms with van der Waals surface area (Å²) in [5.74, 6) is 1.68. The van der Waals surface area contributed by atoms with Crippen molar-refractivity contribution in [3.8, 4) is 5.75 Å². The molecule has 2 N–H and O–H groups in total. The van der Waals surface area contributed by atoms with Crippen LogP contribution in [0.5, 0.6) is 5.75 Å². The third-order valence-corrected chi connectivity index (χ3v) is 2.91. The van der Waals surface area contributed by atoms with E-state index < -0.39 is 4.92 Å². The van der Waals surface area contributed by atoms with Gasteiger partial charge >= 0.3 is 0 Å². The molecule has 0 unspecified atom stereocenters. The molecule has 7 heteroatoms. The van der Waals surface area contributed by atoms with Crippen molar-refractivity contribution in [2.45, 2.75) is 6.54 Å². The second-order valence-electron chi connectivity index (χ2n) is 4.30. The highest BCUT2D eigenvalue weighted by atomic mass is 16.6. The molecule has 0 aliphatic rings. The fourth-order valence-electron chi connectivity index (χ4n) is 1.78. The number of ether oxygens (including phenoxy) is 1. The zero-order valence-corrected chi connectivity index (χ0v) is 11.8. The molecule has 0 aliphatic carbocycles. The van der Waals surface area contributed by atoms with Gasteiger partial charge in [0.25, 0.3) is 5.69 Å². The molecular formula is C14H16N4O3. The molecule has 1 aromatic heterocycles. The van der Waals surface area contributed by atoms with Crippen LogP contribution in [-0.4, -0.2) is 24.1 Å². The first-order valence-corrected chi connectivity index (χ1v) is 6.33. The van der Waals surface area contributed by atoms with Crippen LogP contribution in [0.3, 0.4) is 0 Å². The summed E-state index contributed by atoms with van der Waals surface area (Å²) >= 11 is 0. The monoisotopic (exact) mass is 288 g/mol. The van der Waals surface area contributed by atoms with E-state index >= 15 is 0 Å². The van der Waals surface area contributed by atoms with Crippen molar-refractivity contribution in [1.82, 2.24) is 4.98 Å². The lowest BCUT2D eigenvalue weighted by Gasteiger charge is -2.08. The van der Waals surface area contributed by atoms with E-state index in [4.69, 9.17) is 4.74 Å². The van der Waals surface area contributed by atoms with Crippen LogP contribution in [0, 0.1) is 10.1 Å². The van der Waals surface area contributed by atoms with E-state index in [1.165, 1.54) is 12.1 Å². The maximum absolute atomic E-state index is 10.9. The van der Waals surface area contributed by atoms with E-state index in [2.05, 4.69) is 15.6 Å². The van der Waals surface area contributed by atoms with Crippen LogP contribution >= 0.6 is 0 Å². The van der Waals surface area contributed by atoms with Gasteiger partial charge in [-0.1, -0.05) is 12.1 Å². The second-order valence-corrected chi connectivity index (χ2v) is 4.30. The van der Waals surface area contributed by atoms with Gasteiger partial charge in [0.05, 0.1) is 24.2 Å². The molecule has 0 fully saturated rings. The van der Waals surface area contributed by atoms with Crippen LogP contribution in [0.1, 0.15) is 5.56 Å². The van der Waals surface area contributed by atoms with Gasteiger partial charge < -0.3 is 15.4 Å². The summed E-state index contributed by atoms with van der Waals surface area (Å²) in [5, 5.41) is 16.8. The Morgan fingerprint density at radius 1 is 1.24 bits per heavy atom. The summed E-state index contributed by atoms with van der Waals surface area (Å²) in [4.78, 5) is 14.7. The van der Waals surface area contributed by atoms with Gasteiger partial charge in [0.15, 0.2) is 0 Å². The van der Waals surface area contributed by atoms with Crippen LogP contribution < -0.4 is 15.4 Å². The van der Waals surface area contributed by atoms with Crippen LogP contribution in [0.15, 0.2) is 36.4 Å². The molecular weight excluding hydrogens is 272 g/mol. The molecule has 0 amide bonds. The van der Waals surface area contributed by atoms with Crippen molar-refractivity contribution in [1.29, 1.82) is 0 Å². The number of nitro groups is 1. The topological polar surface area (TPSA) is 89.3 Å². The highest BCUT2D eigenvalue weighted by Gasteiger charge is 2.10. The van der Waals surface area contributed by atoms with Crippen LogP contribution in [0.25, 0.3) is 0 Å². The Kier molecular flexibility index (Phi) is 4.55. The number of hydrogen-bond acceptors (Lipinski definition) is 6. The Hall–Kier alpha value is -2.83. The first-order valence-electron chi connectivity index (χ1n) is 6.33. The fourth-order valence-corrected chi connectivity index (χ4v) is 1.78. The van der Waals surface area contributed by atoms with Crippen molar-refractivity contribution >= 4 is 17.3 Å². The maximum atomic E-state index is 10.9. The molecule has 0 spiro atoms. The van der Waals surface area contributed by atoms with Crippen LogP contribution in [-0.2, 0) is 6.54 Å². The van der Waals surface area contributed by atoms with E-state index in [0.29, 0.717) is 18.2 Å². The summed E-state index contributed by atoms with van der Waals surface area (Å²) in [6.07, 6.45) is 0. The molecule has 110 valence electrons. The van der Waals surface area contributed by atoms with Gasteiger partial charge in [-0.05, 0) is 17.7 Å². The molecule has 2 rings (SSSR count). The van der Waals surface area contributed by atoms with E-state index in [9.17, 15) is 10.1 Å². The molecule has 0 saturated heterocycles. The number of nitrogens with zero attached hydrogens (tertiary/aromatic N) is 2. The van der Waals surface area contributed by atoms with Gasteiger partial charge in [-0.15, -0.1) is 0 Å². The van der Waals surface area contributed by atoms with Gasteiger partial charge in [-0.25, -0.2) is 4.98 Å². The summed E-state index contributed by atoms with van der Waals surface area (Å²) in [6.45, 7) is 0.515. The van der Waals surface area contributed by atoms with Crippen molar-refractivity contribution in [3.05, 3.63) is 52.1 Å². The zero-order valence-electron chi connectivity index (χ0n) is 11.8. The molecule has 21 heavy (non-hydrogen) atoms. The molecule has 0 bridgehead atoms. The third-order valence-electron chi connectivity index (χ3n) is 2.91. The average Bonchev–Trinajstić information content (AvgIpc) is 2.53. The summed E-state index contributed by atoms with van der Waals surface area (Å²) in [5.41, 5.74) is 1.02. The molecule has 1 heterocycles. The van der Waals surface area contributed by atoms with Crippen molar-refractivity contribution in [3.63, 3.8) is 0 Å². The lowest BCUT2D eigenvalue weighted by Crippen LogP contribution is -2.04. The highest BCUT2D eigenvalue weighted by molar-refractivity contribution is 5.54. The fraction of sp³-hybridized carbons (Fsp3) is 0.214. The van der Waals surface area contributed by atoms with Gasteiger partial charge in [0.1, 0.15) is 17.4 Å². The van der Waals surface area contributed by atoms with Gasteiger partial charge in [0.2, 0.25) is 0 Å². The standard InChI is InChI=1S/C14H16N4O3/c1-15-13-7-11(18(19)20)8-14(17-13)16-9-10-3-5-12(21-2)6-4-10/h3-8H,9H2,1-2H3,(H2,15,16,17). The van der Waals surface area contributed by atoms with Crippen LogP contribution in [0.4, 0.5) is 17.3 Å². The molecule has 2 aromatic rings. The van der Waals surface area contributed by atoms with Gasteiger partial charge in [-0.2, -0.15) is 0 Å². The van der Waals surface area contributed by atoms with Crippen molar-refractivity contribution in [2.24, 2.45) is 0 Å². The minimum Gasteiger partial charge on any atom is -0.497 e. The minimum absolute atomic E-state index is 0.00780. The smallest absolute Gasteiger partial charge is 0.276 e. The predicted molar refractivity (Wildman–Crippen MR) is 80.8 cm³/mol. The number of aromatic nitrogens is 1. The van der Waals surface area contributed by atoms with E-state index in [0.717, 1.165) is 11.3 Å². The number of rotatable bonds is 6. The van der Waals surface area contributed by atoms with E-state index in [-0.39, 0.29) is 5.69 Å². The van der Waals surface area contributed by atoms with Gasteiger partial charge in [-0.3, -0.25) is 10.1 Å². The number of pyridine rings is 1. The third kappa shape index (κ3) is 3.82. The first-order chi connectivity index (χ1) is 10.1. The summed E-state index contributed by atoms with van der Waals surface area (Å²) < 4.78 is 5.09. The average molecular weight is 288 g/mol. The second kappa shape index (κ2) is 6.56. The Bertz CT molecular complexity index is 629. The highest BCUT2D eigenvalue weighted by Crippen LogP contribution is 2.21. The first kappa shape index (κ1) is 14.6. The van der Waals surface area contributed by atoms with E-state index in [1.807, 2.05) is 24.3 Å². The number of anilines is 2. The quantitative estimate of drug-likeness (QED) is 0.627. The Labute approximate surface area is 122 Å². The molecule has 0 saturated carbocycles. The van der Waals surface area contributed by atoms with Gasteiger partial charge in [0, 0.05) is 13.6 Å². The normalized spacial score (nSPS) is 10.0. The lowest BCUT2D eigenvalue weighted by atomic mass is 10.2. The minimum atomic E-state index is -0.443. The number of methoxy groups -OCH3 is 1. The predicted octanol–water partition coefficient (Wildman–Crippen LogP) is 2.65. The number of hydrogen-bond donors (Lipinski definition) is 2. The maximum Gasteiger partial charge on any atom is 0.276 e. The molecule has 0 aliphatic heterocycles. The Morgan fingerprint density at radius 3 is 2.48 bits per heavy atom. The number of benzene rings is 1. The van der Waals surface area contributed by atoms with E-state index in [1.54, 1.807) is 14.2 Å². The molecule has 0 radical (unpaired) electrons. The molecule has 1 aromatic carbocycles. The molecule has 7 nitrogen and oxygen atoms in total. The Morgan fingerprint density at radius 2 is 1.90 bits per heavy atom. The SMILES string of the molecule is CNc1cc([N+](=O)[O-])cc(NCc2ccc(OC)cc2)n1. The lowest BCUT2D eigenvalue weighted by molar-refractivity contribution is -0.384. The summed E-state index contributed by atoms with van der Waals surface area (Å²) in [7, 11) is 3.28. The number of nitrogens with one attached hydrogen (secondary N) is 2. The summed E-state index contributed by atoms with van der Waals surface area (Å²) in [6, 6.07) is 10.3. The van der Waals surface area contributed by atoms with Crippen LogP contribution in [0.2, 0.25) is 0 Å². The zero-order chi connectivity index (χ0) is 15.2.